The molecule has 1 aromatic carbocycles. The van der Waals surface area contributed by atoms with Crippen molar-refractivity contribution in [2.24, 2.45) is 0 Å². The fraction of sp³-hybridized carbons (Fsp3) is 0.333. The summed E-state index contributed by atoms with van der Waals surface area (Å²) in [5, 5.41) is 5.32. The van der Waals surface area contributed by atoms with E-state index < -0.39 is 0 Å². The first-order chi connectivity index (χ1) is 10.8. The van der Waals surface area contributed by atoms with E-state index >= 15 is 0 Å². The molecule has 0 saturated heterocycles. The second-order valence-electron chi connectivity index (χ2n) is 5.03. The van der Waals surface area contributed by atoms with Crippen molar-refractivity contribution in [3.8, 4) is 5.75 Å². The summed E-state index contributed by atoms with van der Waals surface area (Å²) in [6, 6.07) is 5.43. The zero-order valence-corrected chi connectivity index (χ0v) is 12.4. The number of imidazole rings is 1. The van der Waals surface area contributed by atoms with Crippen molar-refractivity contribution < 1.29 is 9.53 Å². The van der Waals surface area contributed by atoms with Crippen LogP contribution in [-0.2, 0) is 6.42 Å². The Hall–Kier alpha value is -2.70. The Morgan fingerprint density at radius 3 is 3.18 bits per heavy atom. The number of fused-ring (bicyclic) bond motifs is 1. The van der Waals surface area contributed by atoms with Crippen molar-refractivity contribution in [1.82, 2.24) is 15.3 Å². The van der Waals surface area contributed by atoms with Crippen LogP contribution >= 0.6 is 0 Å². The highest BCUT2D eigenvalue weighted by molar-refractivity contribution is 5.90. The van der Waals surface area contributed by atoms with Crippen LogP contribution in [0.3, 0.4) is 0 Å². The molecule has 0 atom stereocenters. The van der Waals surface area contributed by atoms with Gasteiger partial charge in [0.05, 0.1) is 24.3 Å². The molecule has 1 aliphatic rings. The van der Waals surface area contributed by atoms with Gasteiger partial charge in [-0.3, -0.25) is 0 Å². The zero-order valence-electron chi connectivity index (χ0n) is 12.4. The minimum absolute atomic E-state index is 0.236. The van der Waals surface area contributed by atoms with Gasteiger partial charge in [-0.05, 0) is 18.2 Å². The number of hydrogen-bond acceptors (Lipinski definition) is 4. The van der Waals surface area contributed by atoms with Crippen molar-refractivity contribution in [3.63, 3.8) is 0 Å². The first-order valence-corrected chi connectivity index (χ1v) is 7.24. The van der Waals surface area contributed by atoms with Crippen LogP contribution in [0.1, 0.15) is 5.69 Å². The molecule has 0 saturated carbocycles. The number of rotatable bonds is 4. The largest absolute Gasteiger partial charge is 0.490 e. The normalized spacial score (nSPS) is 13.2. The molecule has 1 aromatic heterocycles. The molecule has 0 fully saturated rings. The van der Waals surface area contributed by atoms with E-state index in [9.17, 15) is 4.79 Å². The number of H-pyrrole nitrogens is 1. The third kappa shape index (κ3) is 3.13. The van der Waals surface area contributed by atoms with Gasteiger partial charge in [0.25, 0.3) is 0 Å². The summed E-state index contributed by atoms with van der Waals surface area (Å²) in [6.07, 6.45) is 4.45. The van der Waals surface area contributed by atoms with Crippen molar-refractivity contribution in [2.45, 2.75) is 6.42 Å². The van der Waals surface area contributed by atoms with Crippen LogP contribution in [0, 0.1) is 0 Å². The first-order valence-electron chi connectivity index (χ1n) is 7.24. The molecule has 7 heteroatoms. The summed E-state index contributed by atoms with van der Waals surface area (Å²) < 4.78 is 5.69. The quantitative estimate of drug-likeness (QED) is 0.801. The maximum Gasteiger partial charge on any atom is 0.318 e. The number of carbonyl (C=O) groups excluding carboxylic acids is 1. The van der Waals surface area contributed by atoms with Crippen LogP contribution in [-0.4, -0.2) is 42.7 Å². The molecular weight excluding hydrogens is 282 g/mol. The van der Waals surface area contributed by atoms with E-state index in [1.54, 1.807) is 13.4 Å². The number of amides is 2. The van der Waals surface area contributed by atoms with E-state index in [-0.39, 0.29) is 6.03 Å². The molecule has 2 amide bonds. The van der Waals surface area contributed by atoms with Gasteiger partial charge in [0.2, 0.25) is 0 Å². The number of urea groups is 1. The average Bonchev–Trinajstić information content (AvgIpc) is 3.06. The minimum Gasteiger partial charge on any atom is -0.490 e. The maximum atomic E-state index is 11.4. The molecule has 3 N–H and O–H groups in total. The number of hydrogen-bond donors (Lipinski definition) is 3. The van der Waals surface area contributed by atoms with Crippen LogP contribution in [0.2, 0.25) is 0 Å². The van der Waals surface area contributed by atoms with Gasteiger partial charge in [0, 0.05) is 31.9 Å². The lowest BCUT2D eigenvalue weighted by Crippen LogP contribution is -2.34. The summed E-state index contributed by atoms with van der Waals surface area (Å²) >= 11 is 0. The van der Waals surface area contributed by atoms with Crippen molar-refractivity contribution in [1.29, 1.82) is 0 Å². The SMILES string of the molecule is CNC(=O)Nc1ccc2c(c1)N(CCc1c[nH]cn1)CCO2. The molecule has 0 bridgehead atoms. The molecule has 2 heterocycles. The van der Waals surface area contributed by atoms with E-state index in [4.69, 9.17) is 4.74 Å². The highest BCUT2D eigenvalue weighted by Crippen LogP contribution is 2.34. The van der Waals surface area contributed by atoms with Gasteiger partial charge < -0.3 is 25.3 Å². The maximum absolute atomic E-state index is 11.4. The molecule has 7 nitrogen and oxygen atoms in total. The fourth-order valence-electron chi connectivity index (χ4n) is 2.45. The number of nitrogens with one attached hydrogen (secondary N) is 3. The van der Waals surface area contributed by atoms with Crippen molar-refractivity contribution in [2.75, 3.05) is 37.0 Å². The molecule has 1 aliphatic heterocycles. The summed E-state index contributed by atoms with van der Waals surface area (Å²) in [5.74, 6) is 0.843. The number of aromatic nitrogens is 2. The third-order valence-corrected chi connectivity index (χ3v) is 3.60. The fourth-order valence-corrected chi connectivity index (χ4v) is 2.45. The number of anilines is 2. The number of nitrogens with zero attached hydrogens (tertiary/aromatic N) is 2. The van der Waals surface area contributed by atoms with Gasteiger partial charge in [-0.2, -0.15) is 0 Å². The molecule has 22 heavy (non-hydrogen) atoms. The number of aromatic amines is 1. The van der Waals surface area contributed by atoms with Gasteiger partial charge in [-0.25, -0.2) is 9.78 Å². The molecular formula is C15H19N5O2. The number of benzene rings is 1. The third-order valence-electron chi connectivity index (χ3n) is 3.60. The second-order valence-corrected chi connectivity index (χ2v) is 5.03. The Labute approximate surface area is 128 Å². The summed E-state index contributed by atoms with van der Waals surface area (Å²) in [6.45, 7) is 2.33. The highest BCUT2D eigenvalue weighted by Gasteiger charge is 2.19. The average molecular weight is 301 g/mol. The van der Waals surface area contributed by atoms with Crippen LogP contribution in [0.15, 0.2) is 30.7 Å². The Balaban J connectivity index is 1.75. The van der Waals surface area contributed by atoms with Crippen LogP contribution in [0.25, 0.3) is 0 Å². The predicted octanol–water partition coefficient (Wildman–Crippen LogP) is 1.60. The Morgan fingerprint density at radius 2 is 2.41 bits per heavy atom. The Kier molecular flexibility index (Phi) is 4.13. The second kappa shape index (κ2) is 6.38. The summed E-state index contributed by atoms with van der Waals surface area (Å²) in [4.78, 5) is 20.9. The van der Waals surface area contributed by atoms with Crippen LogP contribution in [0.4, 0.5) is 16.2 Å². The predicted molar refractivity (Wildman–Crippen MR) is 84.5 cm³/mol. The first kappa shape index (κ1) is 14.2. The number of carbonyl (C=O) groups is 1. The molecule has 0 radical (unpaired) electrons. The zero-order chi connectivity index (χ0) is 15.4. The van der Waals surface area contributed by atoms with Gasteiger partial charge in [0.1, 0.15) is 12.4 Å². The molecule has 0 aliphatic carbocycles. The van der Waals surface area contributed by atoms with E-state index in [0.29, 0.717) is 6.61 Å². The van der Waals surface area contributed by atoms with E-state index in [2.05, 4.69) is 25.5 Å². The number of ether oxygens (including phenoxy) is 1. The topological polar surface area (TPSA) is 82.3 Å². The van der Waals surface area contributed by atoms with Crippen molar-refractivity contribution >= 4 is 17.4 Å². The molecule has 0 spiro atoms. The molecule has 116 valence electrons. The van der Waals surface area contributed by atoms with Gasteiger partial charge in [0.15, 0.2) is 0 Å². The summed E-state index contributed by atoms with van der Waals surface area (Å²) in [5.41, 5.74) is 2.77. The smallest absolute Gasteiger partial charge is 0.318 e. The van der Waals surface area contributed by atoms with Gasteiger partial charge in [-0.15, -0.1) is 0 Å². The molecule has 3 rings (SSSR count). The minimum atomic E-state index is -0.236. The summed E-state index contributed by atoms with van der Waals surface area (Å²) in [7, 11) is 1.59. The van der Waals surface area contributed by atoms with Crippen molar-refractivity contribution in [3.05, 3.63) is 36.4 Å². The Morgan fingerprint density at radius 1 is 1.50 bits per heavy atom. The lowest BCUT2D eigenvalue weighted by molar-refractivity contribution is 0.254. The van der Waals surface area contributed by atoms with Crippen LogP contribution < -0.4 is 20.3 Å². The molecule has 0 unspecified atom stereocenters. The van der Waals surface area contributed by atoms with Gasteiger partial charge in [-0.1, -0.05) is 0 Å². The lowest BCUT2D eigenvalue weighted by atomic mass is 10.2. The highest BCUT2D eigenvalue weighted by atomic mass is 16.5. The monoisotopic (exact) mass is 301 g/mol. The van der Waals surface area contributed by atoms with E-state index in [1.807, 2.05) is 24.4 Å². The standard InChI is InChI=1S/C15H19N5O2/c1-16-15(21)19-11-2-3-14-13(8-11)20(6-7-22-14)5-4-12-9-17-10-18-12/h2-3,8-10H,4-7H2,1H3,(H,17,18)(H2,16,19,21). The van der Waals surface area contributed by atoms with Crippen LogP contribution in [0.5, 0.6) is 5.75 Å². The lowest BCUT2D eigenvalue weighted by Gasteiger charge is -2.31. The van der Waals surface area contributed by atoms with Gasteiger partial charge >= 0.3 is 6.03 Å². The molecule has 2 aromatic rings. The van der Waals surface area contributed by atoms with E-state index in [1.165, 1.54) is 0 Å². The van der Waals surface area contributed by atoms with E-state index in [0.717, 1.165) is 42.3 Å². The Bertz CT molecular complexity index is 641.